The number of hydrogen-bond acceptors (Lipinski definition) is 0. The molecule has 0 aliphatic heterocycles. The Morgan fingerprint density at radius 3 is 1.50 bits per heavy atom. The zero-order valence-corrected chi connectivity index (χ0v) is 27.8. The molecule has 0 fully saturated rings. The average molecular weight is 712 g/mol. The van der Waals surface area contributed by atoms with Crippen LogP contribution in [-0.4, -0.2) is 0 Å². The van der Waals surface area contributed by atoms with Crippen LogP contribution in [0.15, 0.2) is 155 Å². The summed E-state index contributed by atoms with van der Waals surface area (Å²) in [6, 6.07) is 54.1. The van der Waals surface area contributed by atoms with Gasteiger partial charge in [-0.05, 0) is 129 Å². The third-order valence-electron chi connectivity index (χ3n) is 9.88. The molecule has 2 heteroatoms. The summed E-state index contributed by atoms with van der Waals surface area (Å²) in [7, 11) is 0. The van der Waals surface area contributed by atoms with E-state index in [2.05, 4.69) is 177 Å². The minimum Gasteiger partial charge on any atom is -0.0610 e. The first kappa shape index (κ1) is 26.5. The molecule has 0 saturated heterocycles. The molecule has 0 radical (unpaired) electrons. The fourth-order valence-corrected chi connectivity index (χ4v) is 8.47. The molecule has 9 aromatic rings. The van der Waals surface area contributed by atoms with Crippen molar-refractivity contribution >= 4 is 74.9 Å². The van der Waals surface area contributed by atoms with Crippen LogP contribution in [0.3, 0.4) is 0 Å². The van der Waals surface area contributed by atoms with Crippen LogP contribution in [0.4, 0.5) is 0 Å². The monoisotopic (exact) mass is 710 g/mol. The van der Waals surface area contributed by atoms with Crippen LogP contribution in [0.2, 0.25) is 0 Å². The molecule has 0 bridgehead atoms. The van der Waals surface area contributed by atoms with Crippen LogP contribution in [0, 0.1) is 0 Å². The van der Waals surface area contributed by atoms with Gasteiger partial charge in [0.15, 0.2) is 0 Å². The number of rotatable bonds is 3. The third kappa shape index (κ3) is 3.72. The highest BCUT2D eigenvalue weighted by Gasteiger charge is 2.30. The van der Waals surface area contributed by atoms with E-state index in [9.17, 15) is 0 Å². The van der Waals surface area contributed by atoms with Gasteiger partial charge in [0.2, 0.25) is 0 Å². The number of halogens is 2. The molecule has 0 saturated carbocycles. The molecule has 10 rings (SSSR count). The Labute approximate surface area is 283 Å². The van der Waals surface area contributed by atoms with Gasteiger partial charge in [-0.15, -0.1) is 0 Å². The second kappa shape index (κ2) is 9.87. The molecular formula is C44H24Br2. The zero-order chi connectivity index (χ0) is 30.5. The van der Waals surface area contributed by atoms with Gasteiger partial charge in [0.1, 0.15) is 0 Å². The lowest BCUT2D eigenvalue weighted by molar-refractivity contribution is 1.56. The standard InChI is InChI=1S/C44H24Br2/c45-31-18-12-25(13-19-31)37-24-38(33-22-16-29-11-10-27-4-1-5-28-17-23-34(33)41(29)39(27)28)42(30-14-20-32(46)21-15-30)44-36-9-3-7-26-6-2-8-35(40(26)36)43(37)44/h1-24H. The van der Waals surface area contributed by atoms with Crippen molar-refractivity contribution in [3.8, 4) is 55.6 Å². The molecule has 214 valence electrons. The Morgan fingerprint density at radius 2 is 0.826 bits per heavy atom. The largest absolute Gasteiger partial charge is 0.0610 e. The number of fused-ring (bicyclic) bond motifs is 3. The van der Waals surface area contributed by atoms with E-state index >= 15 is 0 Å². The molecule has 9 aromatic carbocycles. The molecule has 0 N–H and O–H groups in total. The molecule has 0 heterocycles. The maximum absolute atomic E-state index is 3.71. The minimum atomic E-state index is 1.08. The van der Waals surface area contributed by atoms with Crippen LogP contribution in [-0.2, 0) is 0 Å². The summed E-state index contributed by atoms with van der Waals surface area (Å²) in [6.45, 7) is 0. The van der Waals surface area contributed by atoms with Crippen molar-refractivity contribution < 1.29 is 0 Å². The van der Waals surface area contributed by atoms with E-state index in [0.717, 1.165) is 8.95 Å². The van der Waals surface area contributed by atoms with Crippen LogP contribution in [0.25, 0.3) is 98.7 Å². The molecular weight excluding hydrogens is 688 g/mol. The smallest absolute Gasteiger partial charge is 0.0175 e. The van der Waals surface area contributed by atoms with E-state index in [-0.39, 0.29) is 0 Å². The lowest BCUT2D eigenvalue weighted by Gasteiger charge is -2.22. The Morgan fingerprint density at radius 1 is 0.304 bits per heavy atom. The van der Waals surface area contributed by atoms with E-state index in [4.69, 9.17) is 0 Å². The van der Waals surface area contributed by atoms with Gasteiger partial charge in [0.25, 0.3) is 0 Å². The van der Waals surface area contributed by atoms with Crippen LogP contribution >= 0.6 is 31.9 Å². The minimum absolute atomic E-state index is 1.08. The highest BCUT2D eigenvalue weighted by Crippen LogP contribution is 2.58. The van der Waals surface area contributed by atoms with E-state index in [0.29, 0.717) is 0 Å². The van der Waals surface area contributed by atoms with Crippen molar-refractivity contribution in [1.82, 2.24) is 0 Å². The summed E-state index contributed by atoms with van der Waals surface area (Å²) < 4.78 is 2.16. The molecule has 0 spiro atoms. The van der Waals surface area contributed by atoms with Crippen molar-refractivity contribution in [3.05, 3.63) is 155 Å². The molecule has 0 nitrogen and oxygen atoms in total. The Kier molecular flexibility index (Phi) is 5.68. The fraction of sp³-hybridized carbons (Fsp3) is 0. The maximum atomic E-state index is 3.71. The fourth-order valence-electron chi connectivity index (χ4n) is 7.95. The lowest BCUT2D eigenvalue weighted by Crippen LogP contribution is -1.96. The molecule has 46 heavy (non-hydrogen) atoms. The van der Waals surface area contributed by atoms with Crippen molar-refractivity contribution in [3.63, 3.8) is 0 Å². The van der Waals surface area contributed by atoms with Gasteiger partial charge in [0.05, 0.1) is 0 Å². The van der Waals surface area contributed by atoms with E-state index < -0.39 is 0 Å². The Bertz CT molecular complexity index is 2660. The van der Waals surface area contributed by atoms with E-state index in [1.165, 1.54) is 98.7 Å². The summed E-state index contributed by atoms with van der Waals surface area (Å²) in [5, 5.41) is 10.4. The molecule has 0 atom stereocenters. The molecule has 1 aliphatic rings. The second-order valence-electron chi connectivity index (χ2n) is 12.3. The summed E-state index contributed by atoms with van der Waals surface area (Å²) in [5.74, 6) is 0. The highest BCUT2D eigenvalue weighted by atomic mass is 79.9. The van der Waals surface area contributed by atoms with Gasteiger partial charge in [-0.2, -0.15) is 0 Å². The second-order valence-corrected chi connectivity index (χ2v) is 14.1. The maximum Gasteiger partial charge on any atom is 0.0175 e. The van der Waals surface area contributed by atoms with Crippen LogP contribution in [0.5, 0.6) is 0 Å². The van der Waals surface area contributed by atoms with Gasteiger partial charge in [-0.3, -0.25) is 0 Å². The first-order valence-electron chi connectivity index (χ1n) is 15.6. The van der Waals surface area contributed by atoms with Crippen molar-refractivity contribution in [2.45, 2.75) is 0 Å². The summed E-state index contributed by atoms with van der Waals surface area (Å²) >= 11 is 7.39. The lowest BCUT2D eigenvalue weighted by atomic mass is 9.80. The number of hydrogen-bond donors (Lipinski definition) is 0. The summed E-state index contributed by atoms with van der Waals surface area (Å²) in [5.41, 5.74) is 12.7. The van der Waals surface area contributed by atoms with E-state index in [1.54, 1.807) is 0 Å². The third-order valence-corrected chi connectivity index (χ3v) is 10.9. The van der Waals surface area contributed by atoms with Crippen molar-refractivity contribution in [2.75, 3.05) is 0 Å². The summed E-state index contributed by atoms with van der Waals surface area (Å²) in [6.07, 6.45) is 0. The number of benzene rings is 9. The van der Waals surface area contributed by atoms with E-state index in [1.807, 2.05) is 0 Å². The molecule has 0 aromatic heterocycles. The Balaban J connectivity index is 1.41. The normalized spacial score (nSPS) is 12.1. The molecule has 0 amide bonds. The van der Waals surface area contributed by atoms with Gasteiger partial charge in [0, 0.05) is 8.95 Å². The topological polar surface area (TPSA) is 0 Å². The molecule has 1 aliphatic carbocycles. The predicted molar refractivity (Wildman–Crippen MR) is 204 cm³/mol. The predicted octanol–water partition coefficient (Wildman–Crippen LogP) is 13.9. The van der Waals surface area contributed by atoms with Crippen LogP contribution in [0.1, 0.15) is 0 Å². The van der Waals surface area contributed by atoms with Crippen molar-refractivity contribution in [2.24, 2.45) is 0 Å². The highest BCUT2D eigenvalue weighted by molar-refractivity contribution is 9.10. The molecule has 0 unspecified atom stereocenters. The quantitative estimate of drug-likeness (QED) is 0.160. The Hall–Kier alpha value is -4.76. The summed E-state index contributed by atoms with van der Waals surface area (Å²) in [4.78, 5) is 0. The van der Waals surface area contributed by atoms with Gasteiger partial charge < -0.3 is 0 Å². The van der Waals surface area contributed by atoms with Crippen molar-refractivity contribution in [1.29, 1.82) is 0 Å². The van der Waals surface area contributed by atoms with Gasteiger partial charge >= 0.3 is 0 Å². The first-order valence-corrected chi connectivity index (χ1v) is 17.1. The SMILES string of the molecule is Brc1ccc(-c2cc(-c3ccc4ccc5cccc6ccc3c4c56)c(-c3ccc(Br)cc3)c3c2-c2cccc4cccc-3c24)cc1. The first-order chi connectivity index (χ1) is 22.6. The van der Waals surface area contributed by atoms with Gasteiger partial charge in [-0.1, -0.05) is 147 Å². The van der Waals surface area contributed by atoms with Gasteiger partial charge in [-0.25, -0.2) is 0 Å². The van der Waals surface area contributed by atoms with Crippen LogP contribution < -0.4 is 0 Å². The zero-order valence-electron chi connectivity index (χ0n) is 24.6. The average Bonchev–Trinajstić information content (AvgIpc) is 3.43.